The van der Waals surface area contributed by atoms with Crippen LogP contribution in [0.1, 0.15) is 29.4 Å². The summed E-state index contributed by atoms with van der Waals surface area (Å²) >= 11 is 3.62. The largest absolute Gasteiger partial charge is 0.334 e. The number of nitrogens with zero attached hydrogens (tertiary/aromatic N) is 6. The van der Waals surface area contributed by atoms with Crippen molar-refractivity contribution in [3.05, 3.63) is 22.7 Å². The Balaban J connectivity index is 1.34. The first-order valence-corrected chi connectivity index (χ1v) is 10.1. The number of likely N-dealkylation sites (N-methyl/N-ethyl adjacent to an activating group) is 1. The van der Waals surface area contributed by atoms with E-state index in [2.05, 4.69) is 53.5 Å². The molecular weight excluding hydrogens is 396 g/mol. The second-order valence-electron chi connectivity index (χ2n) is 7.74. The van der Waals surface area contributed by atoms with E-state index in [-0.39, 0.29) is 5.91 Å². The van der Waals surface area contributed by atoms with Gasteiger partial charge < -0.3 is 14.4 Å². The Labute approximate surface area is 161 Å². The summed E-state index contributed by atoms with van der Waals surface area (Å²) in [5.74, 6) is 0.0250. The van der Waals surface area contributed by atoms with E-state index in [0.717, 1.165) is 54.8 Å². The van der Waals surface area contributed by atoms with E-state index >= 15 is 0 Å². The minimum atomic E-state index is 0.0250. The molecular formula is C18H23BrN6O. The first-order valence-electron chi connectivity index (χ1n) is 9.34. The predicted molar refractivity (Wildman–Crippen MR) is 102 cm³/mol. The summed E-state index contributed by atoms with van der Waals surface area (Å²) in [6, 6.07) is 1.01. The van der Waals surface area contributed by atoms with Gasteiger partial charge in [-0.15, -0.1) is 0 Å². The molecule has 0 radical (unpaired) electrons. The van der Waals surface area contributed by atoms with E-state index in [4.69, 9.17) is 0 Å². The summed E-state index contributed by atoms with van der Waals surface area (Å²) in [5, 5.41) is 0.854. The normalized spacial score (nSPS) is 22.8. The van der Waals surface area contributed by atoms with Crippen molar-refractivity contribution >= 4 is 32.9 Å². The molecule has 26 heavy (non-hydrogen) atoms. The lowest BCUT2D eigenvalue weighted by atomic mass is 10.0. The molecule has 138 valence electrons. The Morgan fingerprint density at radius 1 is 1.12 bits per heavy atom. The number of carbonyl (C=O) groups excluding carboxylic acids is 1. The molecule has 0 aromatic carbocycles. The summed E-state index contributed by atoms with van der Waals surface area (Å²) in [6.45, 7) is 6.01. The van der Waals surface area contributed by atoms with Crippen LogP contribution >= 0.6 is 15.9 Å². The average Bonchev–Trinajstić information content (AvgIpc) is 3.39. The van der Waals surface area contributed by atoms with E-state index < -0.39 is 0 Å². The molecule has 1 saturated carbocycles. The summed E-state index contributed by atoms with van der Waals surface area (Å²) in [4.78, 5) is 28.6. The van der Waals surface area contributed by atoms with Gasteiger partial charge >= 0.3 is 0 Å². The van der Waals surface area contributed by atoms with Gasteiger partial charge in [-0.1, -0.05) is 0 Å². The summed E-state index contributed by atoms with van der Waals surface area (Å²) in [5.41, 5.74) is 1.40. The van der Waals surface area contributed by atoms with Crippen LogP contribution < -0.4 is 0 Å². The van der Waals surface area contributed by atoms with Crippen molar-refractivity contribution in [3.63, 3.8) is 0 Å². The monoisotopic (exact) mass is 418 g/mol. The lowest BCUT2D eigenvalue weighted by Gasteiger charge is -2.47. The predicted octanol–water partition coefficient (Wildman–Crippen LogP) is 1.60. The van der Waals surface area contributed by atoms with Crippen molar-refractivity contribution in [1.82, 2.24) is 29.2 Å². The van der Waals surface area contributed by atoms with Crippen LogP contribution in [0.2, 0.25) is 0 Å². The highest BCUT2D eigenvalue weighted by Gasteiger charge is 2.37. The number of carbonyl (C=O) groups is 1. The smallest absolute Gasteiger partial charge is 0.273 e. The lowest BCUT2D eigenvalue weighted by molar-refractivity contribution is 0.0108. The molecule has 7 nitrogen and oxygen atoms in total. The van der Waals surface area contributed by atoms with Gasteiger partial charge in [0, 0.05) is 62.0 Å². The third-order valence-electron chi connectivity index (χ3n) is 5.91. The van der Waals surface area contributed by atoms with Gasteiger partial charge in [-0.2, -0.15) is 0 Å². The minimum Gasteiger partial charge on any atom is -0.334 e. The average molecular weight is 419 g/mol. The fourth-order valence-electron chi connectivity index (χ4n) is 4.02. The molecule has 2 aromatic heterocycles. The zero-order chi connectivity index (χ0) is 17.8. The Morgan fingerprint density at radius 2 is 1.85 bits per heavy atom. The molecule has 0 bridgehead atoms. The van der Waals surface area contributed by atoms with Crippen LogP contribution in [-0.2, 0) is 0 Å². The van der Waals surface area contributed by atoms with Crippen LogP contribution in [0.5, 0.6) is 0 Å². The van der Waals surface area contributed by atoms with Crippen molar-refractivity contribution in [2.45, 2.75) is 24.9 Å². The quantitative estimate of drug-likeness (QED) is 0.757. The van der Waals surface area contributed by atoms with Crippen LogP contribution in [0.4, 0.5) is 0 Å². The van der Waals surface area contributed by atoms with Crippen LogP contribution in [-0.4, -0.2) is 87.5 Å². The van der Waals surface area contributed by atoms with Gasteiger partial charge in [0.15, 0.2) is 0 Å². The molecule has 0 spiro atoms. The number of rotatable bonds is 3. The van der Waals surface area contributed by atoms with E-state index in [1.54, 1.807) is 0 Å². The van der Waals surface area contributed by atoms with Crippen molar-refractivity contribution in [3.8, 4) is 0 Å². The van der Waals surface area contributed by atoms with Crippen LogP contribution in [0.15, 0.2) is 17.0 Å². The van der Waals surface area contributed by atoms with E-state index in [9.17, 15) is 4.79 Å². The number of aromatic nitrogens is 3. The molecule has 0 atom stereocenters. The molecule has 2 aromatic rings. The van der Waals surface area contributed by atoms with Crippen molar-refractivity contribution in [2.24, 2.45) is 0 Å². The van der Waals surface area contributed by atoms with Gasteiger partial charge in [0.05, 0.1) is 5.39 Å². The second kappa shape index (κ2) is 6.28. The Hall–Kier alpha value is -1.51. The van der Waals surface area contributed by atoms with Gasteiger partial charge in [-0.25, -0.2) is 9.97 Å². The van der Waals surface area contributed by atoms with Crippen molar-refractivity contribution < 1.29 is 4.79 Å². The molecule has 3 aliphatic rings. The Morgan fingerprint density at radius 3 is 2.54 bits per heavy atom. The van der Waals surface area contributed by atoms with E-state index in [1.807, 2.05) is 4.90 Å². The first kappa shape index (κ1) is 16.6. The molecule has 2 aliphatic heterocycles. The fraction of sp³-hybridized carbons (Fsp3) is 0.611. The maximum Gasteiger partial charge on any atom is 0.273 e. The van der Waals surface area contributed by atoms with E-state index in [0.29, 0.717) is 17.8 Å². The van der Waals surface area contributed by atoms with Gasteiger partial charge in [-0.3, -0.25) is 9.69 Å². The van der Waals surface area contributed by atoms with Gasteiger partial charge in [0.1, 0.15) is 17.7 Å². The molecule has 1 aliphatic carbocycles. The van der Waals surface area contributed by atoms with E-state index in [1.165, 1.54) is 19.2 Å². The highest BCUT2D eigenvalue weighted by molar-refractivity contribution is 9.10. The maximum atomic E-state index is 13.0. The highest BCUT2D eigenvalue weighted by atomic mass is 79.9. The number of fused-ring (bicyclic) bond motifs is 1. The fourth-order valence-corrected chi connectivity index (χ4v) is 4.61. The maximum absolute atomic E-state index is 13.0. The first-order chi connectivity index (χ1) is 12.6. The second-order valence-corrected chi connectivity index (χ2v) is 8.59. The number of piperazine rings is 1. The van der Waals surface area contributed by atoms with Gasteiger partial charge in [0.2, 0.25) is 0 Å². The van der Waals surface area contributed by atoms with Crippen LogP contribution in [0.25, 0.3) is 11.0 Å². The third-order valence-corrected chi connectivity index (χ3v) is 6.51. The minimum absolute atomic E-state index is 0.0250. The lowest BCUT2D eigenvalue weighted by Crippen LogP contribution is -2.64. The van der Waals surface area contributed by atoms with Gasteiger partial charge in [0.25, 0.3) is 5.91 Å². The molecule has 5 rings (SSSR count). The third kappa shape index (κ3) is 2.75. The number of hydrogen-bond donors (Lipinski definition) is 0. The zero-order valence-corrected chi connectivity index (χ0v) is 16.5. The number of likely N-dealkylation sites (tertiary alicyclic amines) is 1. The highest BCUT2D eigenvalue weighted by Crippen LogP contribution is 2.40. The molecule has 8 heteroatoms. The molecule has 1 amide bonds. The molecule has 4 heterocycles. The van der Waals surface area contributed by atoms with Crippen molar-refractivity contribution in [1.29, 1.82) is 0 Å². The van der Waals surface area contributed by atoms with Crippen LogP contribution in [0.3, 0.4) is 0 Å². The Kier molecular flexibility index (Phi) is 4.02. The van der Waals surface area contributed by atoms with Crippen molar-refractivity contribution in [2.75, 3.05) is 46.3 Å². The molecule has 2 saturated heterocycles. The topological polar surface area (TPSA) is 57.5 Å². The van der Waals surface area contributed by atoms with Crippen LogP contribution in [0, 0.1) is 0 Å². The molecule has 3 fully saturated rings. The summed E-state index contributed by atoms with van der Waals surface area (Å²) in [7, 11) is 2.17. The van der Waals surface area contributed by atoms with Gasteiger partial charge in [-0.05, 0) is 35.8 Å². The number of hydrogen-bond acceptors (Lipinski definition) is 5. The zero-order valence-electron chi connectivity index (χ0n) is 14.9. The number of amides is 1. The molecule has 0 unspecified atom stereocenters. The number of halogens is 1. The summed E-state index contributed by atoms with van der Waals surface area (Å²) in [6.07, 6.45) is 5.94. The Bertz CT molecular complexity index is 849. The SMILES string of the molecule is CN1CCN(C2CN(C(=O)c3ncnc4c3c(Br)cn4C3CC3)C2)CC1. The standard InChI is InChI=1S/C18H23BrN6O/c1-22-4-6-23(7-5-22)13-8-24(9-13)18(26)16-15-14(19)10-25(12-2-3-12)17(15)21-11-20-16/h10-13H,2-9H2,1H3. The summed E-state index contributed by atoms with van der Waals surface area (Å²) < 4.78 is 3.10. The molecule has 0 N–H and O–H groups in total.